The van der Waals surface area contributed by atoms with E-state index in [1.54, 1.807) is 0 Å². The molecule has 0 atom stereocenters. The highest BCUT2D eigenvalue weighted by atomic mass is 35.5. The lowest BCUT2D eigenvalue weighted by Gasteiger charge is -2.01. The predicted molar refractivity (Wildman–Crippen MR) is 48.3 cm³/mol. The second-order valence-corrected chi connectivity index (χ2v) is 2.70. The van der Waals surface area contributed by atoms with E-state index in [2.05, 4.69) is 21.9 Å². The molecule has 64 valence electrons. The van der Waals surface area contributed by atoms with Gasteiger partial charge in [-0.2, -0.15) is 0 Å². The smallest absolute Gasteiger partial charge is 0.252 e. The number of anilines is 1. The summed E-state index contributed by atoms with van der Waals surface area (Å²) in [6, 6.07) is 1.35. The minimum absolute atomic E-state index is 0.201. The molecular weight excluding hydrogens is 178 g/mol. The molecule has 0 aromatic carbocycles. The fourth-order valence-electron chi connectivity index (χ4n) is 0.652. The zero-order valence-electron chi connectivity index (χ0n) is 6.30. The van der Waals surface area contributed by atoms with E-state index in [0.29, 0.717) is 17.4 Å². The molecule has 2 N–H and O–H groups in total. The summed E-state index contributed by atoms with van der Waals surface area (Å²) in [4.78, 5) is 17.0. The van der Waals surface area contributed by atoms with Crippen LogP contribution in [0.3, 0.4) is 0 Å². The Morgan fingerprint density at radius 2 is 2.58 bits per heavy atom. The van der Waals surface area contributed by atoms with Gasteiger partial charge in [-0.3, -0.25) is 4.79 Å². The van der Waals surface area contributed by atoms with Crippen LogP contribution in [-0.2, 0) is 0 Å². The van der Waals surface area contributed by atoms with E-state index in [-0.39, 0.29) is 5.56 Å². The molecule has 0 unspecified atom stereocenters. The van der Waals surface area contributed by atoms with Gasteiger partial charge in [0.15, 0.2) is 0 Å². The van der Waals surface area contributed by atoms with Crippen LogP contribution in [0.25, 0.3) is 0 Å². The average Bonchev–Trinajstić information content (AvgIpc) is 2.01. The van der Waals surface area contributed by atoms with Crippen molar-refractivity contribution in [1.82, 2.24) is 9.97 Å². The molecule has 0 fully saturated rings. The van der Waals surface area contributed by atoms with Crippen LogP contribution in [0.5, 0.6) is 0 Å². The number of rotatable bonds is 3. The number of hydrogen-bond acceptors (Lipinski definition) is 3. The van der Waals surface area contributed by atoms with Gasteiger partial charge in [-0.1, -0.05) is 18.2 Å². The molecule has 0 saturated carbocycles. The van der Waals surface area contributed by atoms with Crippen LogP contribution in [0.2, 0.25) is 0 Å². The third kappa shape index (κ3) is 2.75. The minimum Gasteiger partial charge on any atom is -0.365 e. The Morgan fingerprint density at radius 1 is 1.83 bits per heavy atom. The molecule has 0 aliphatic carbocycles. The Hall–Kier alpha value is -1.29. The number of nitrogens with zero attached hydrogens (tertiary/aromatic N) is 1. The summed E-state index contributed by atoms with van der Waals surface area (Å²) >= 11 is 5.50. The zero-order chi connectivity index (χ0) is 8.97. The van der Waals surface area contributed by atoms with E-state index in [1.165, 1.54) is 12.4 Å². The highest BCUT2D eigenvalue weighted by Crippen LogP contribution is 1.99. The van der Waals surface area contributed by atoms with Crippen molar-refractivity contribution in [3.8, 4) is 0 Å². The fraction of sp³-hybridized carbons (Fsp3) is 0.143. The standard InChI is InChI=1S/C7H8ClN3O/c1-5(8)3-9-6-2-7(12)11-4-10-6/h2,4H,1,3H2,(H2,9,10,11,12). The topological polar surface area (TPSA) is 57.8 Å². The monoisotopic (exact) mass is 185 g/mol. The van der Waals surface area contributed by atoms with E-state index in [9.17, 15) is 4.79 Å². The van der Waals surface area contributed by atoms with Crippen molar-refractivity contribution in [2.75, 3.05) is 11.9 Å². The zero-order valence-corrected chi connectivity index (χ0v) is 7.06. The van der Waals surface area contributed by atoms with Gasteiger partial charge in [-0.25, -0.2) is 4.98 Å². The first-order valence-corrected chi connectivity index (χ1v) is 3.68. The molecule has 1 rings (SSSR count). The van der Waals surface area contributed by atoms with Crippen molar-refractivity contribution < 1.29 is 0 Å². The minimum atomic E-state index is -0.201. The van der Waals surface area contributed by atoms with Crippen LogP contribution < -0.4 is 10.9 Å². The molecule has 0 saturated heterocycles. The first-order chi connectivity index (χ1) is 5.68. The van der Waals surface area contributed by atoms with Gasteiger partial charge in [0.1, 0.15) is 5.82 Å². The molecule has 0 amide bonds. The third-order valence-corrected chi connectivity index (χ3v) is 1.27. The van der Waals surface area contributed by atoms with E-state index in [1.807, 2.05) is 0 Å². The van der Waals surface area contributed by atoms with Crippen LogP contribution in [-0.4, -0.2) is 16.5 Å². The number of H-pyrrole nitrogens is 1. The summed E-state index contributed by atoms with van der Waals surface area (Å²) in [5.74, 6) is 0.487. The summed E-state index contributed by atoms with van der Waals surface area (Å²) in [5, 5.41) is 3.29. The number of nitrogens with one attached hydrogen (secondary N) is 2. The van der Waals surface area contributed by atoms with Gasteiger partial charge in [0.2, 0.25) is 0 Å². The van der Waals surface area contributed by atoms with Gasteiger partial charge in [0.25, 0.3) is 5.56 Å². The van der Waals surface area contributed by atoms with E-state index in [0.717, 1.165) is 0 Å². The van der Waals surface area contributed by atoms with Gasteiger partial charge in [-0.15, -0.1) is 0 Å². The van der Waals surface area contributed by atoms with Gasteiger partial charge >= 0.3 is 0 Å². The summed E-state index contributed by atoms with van der Waals surface area (Å²) in [7, 11) is 0. The number of aromatic amines is 1. The molecule has 0 bridgehead atoms. The Balaban J connectivity index is 2.64. The van der Waals surface area contributed by atoms with Gasteiger partial charge in [0, 0.05) is 11.1 Å². The molecule has 0 radical (unpaired) electrons. The first kappa shape index (κ1) is 8.80. The van der Waals surface area contributed by atoms with Crippen LogP contribution in [0.15, 0.2) is 28.8 Å². The predicted octanol–water partition coefficient (Wildman–Crippen LogP) is 0.934. The molecule has 0 aliphatic rings. The van der Waals surface area contributed by atoms with Gasteiger partial charge < -0.3 is 10.3 Å². The van der Waals surface area contributed by atoms with Crippen LogP contribution in [0.4, 0.5) is 5.82 Å². The highest BCUT2D eigenvalue weighted by molar-refractivity contribution is 6.29. The van der Waals surface area contributed by atoms with Crippen LogP contribution in [0, 0.1) is 0 Å². The highest BCUT2D eigenvalue weighted by Gasteiger charge is 1.93. The van der Waals surface area contributed by atoms with Crippen molar-refractivity contribution in [2.45, 2.75) is 0 Å². The summed E-state index contributed by atoms with van der Waals surface area (Å²) in [5.41, 5.74) is -0.201. The van der Waals surface area contributed by atoms with Crippen LogP contribution >= 0.6 is 11.6 Å². The van der Waals surface area contributed by atoms with Crippen molar-refractivity contribution in [3.63, 3.8) is 0 Å². The fourth-order valence-corrected chi connectivity index (χ4v) is 0.719. The third-order valence-electron chi connectivity index (χ3n) is 1.14. The maximum absolute atomic E-state index is 10.7. The second-order valence-electron chi connectivity index (χ2n) is 2.17. The molecule has 1 aromatic heterocycles. The molecule has 0 spiro atoms. The molecule has 5 heteroatoms. The number of aromatic nitrogens is 2. The molecule has 0 aliphatic heterocycles. The maximum atomic E-state index is 10.7. The molecule has 4 nitrogen and oxygen atoms in total. The van der Waals surface area contributed by atoms with Crippen molar-refractivity contribution in [1.29, 1.82) is 0 Å². The second kappa shape index (κ2) is 3.92. The SMILES string of the molecule is C=C(Cl)CNc1cc(=O)[nH]cn1. The number of hydrogen-bond donors (Lipinski definition) is 2. The Bertz CT molecular complexity index is 333. The lowest BCUT2D eigenvalue weighted by atomic mass is 10.5. The summed E-state index contributed by atoms with van der Waals surface area (Å²) in [6.45, 7) is 3.88. The molecule has 1 heterocycles. The first-order valence-electron chi connectivity index (χ1n) is 3.30. The van der Waals surface area contributed by atoms with Crippen molar-refractivity contribution in [3.05, 3.63) is 34.4 Å². The Morgan fingerprint density at radius 3 is 3.17 bits per heavy atom. The van der Waals surface area contributed by atoms with Gasteiger partial charge in [0.05, 0.1) is 12.9 Å². The van der Waals surface area contributed by atoms with Crippen molar-refractivity contribution >= 4 is 17.4 Å². The Labute approximate surface area is 74.3 Å². The van der Waals surface area contributed by atoms with E-state index < -0.39 is 0 Å². The summed E-state index contributed by atoms with van der Waals surface area (Å²) in [6.07, 6.45) is 1.32. The van der Waals surface area contributed by atoms with E-state index >= 15 is 0 Å². The average molecular weight is 186 g/mol. The Kier molecular flexibility index (Phi) is 2.88. The lowest BCUT2D eigenvalue weighted by Crippen LogP contribution is -2.09. The normalized spacial score (nSPS) is 9.42. The molecular formula is C7H8ClN3O. The molecule has 1 aromatic rings. The van der Waals surface area contributed by atoms with Gasteiger partial charge in [-0.05, 0) is 0 Å². The number of halogens is 1. The quantitative estimate of drug-likeness (QED) is 0.737. The van der Waals surface area contributed by atoms with Crippen LogP contribution in [0.1, 0.15) is 0 Å². The lowest BCUT2D eigenvalue weighted by molar-refractivity contribution is 1.10. The molecule has 12 heavy (non-hydrogen) atoms. The van der Waals surface area contributed by atoms with E-state index in [4.69, 9.17) is 11.6 Å². The largest absolute Gasteiger partial charge is 0.365 e. The maximum Gasteiger partial charge on any atom is 0.252 e. The van der Waals surface area contributed by atoms with Crippen molar-refractivity contribution in [2.24, 2.45) is 0 Å². The summed E-state index contributed by atoms with van der Waals surface area (Å²) < 4.78 is 0.